The van der Waals surface area contributed by atoms with E-state index in [2.05, 4.69) is 22.9 Å². The van der Waals surface area contributed by atoms with Gasteiger partial charge >= 0.3 is 5.97 Å². The van der Waals surface area contributed by atoms with E-state index in [4.69, 9.17) is 9.84 Å². The van der Waals surface area contributed by atoms with Crippen molar-refractivity contribution in [1.82, 2.24) is 4.90 Å². The van der Waals surface area contributed by atoms with Gasteiger partial charge in [0.2, 0.25) is 0 Å². The number of rotatable bonds is 2. The Kier molecular flexibility index (Phi) is 3.53. The third-order valence-corrected chi connectivity index (χ3v) is 4.15. The predicted molar refractivity (Wildman–Crippen MR) is 76.5 cm³/mol. The van der Waals surface area contributed by atoms with Crippen molar-refractivity contribution in [2.24, 2.45) is 0 Å². The molecule has 3 rings (SSSR count). The molecule has 0 spiro atoms. The van der Waals surface area contributed by atoms with Gasteiger partial charge in [-0.2, -0.15) is 0 Å². The van der Waals surface area contributed by atoms with Gasteiger partial charge in [-0.05, 0) is 32.0 Å². The highest BCUT2D eigenvalue weighted by Gasteiger charge is 2.28. The van der Waals surface area contributed by atoms with Gasteiger partial charge in [-0.3, -0.25) is 0 Å². The van der Waals surface area contributed by atoms with Gasteiger partial charge in [-0.25, -0.2) is 4.79 Å². The average molecular weight is 276 g/mol. The van der Waals surface area contributed by atoms with Crippen LogP contribution in [0.5, 0.6) is 5.75 Å². The first-order valence-corrected chi connectivity index (χ1v) is 7.10. The number of piperazine rings is 1. The molecule has 5 nitrogen and oxygen atoms in total. The number of ether oxygens (including phenoxy) is 1. The summed E-state index contributed by atoms with van der Waals surface area (Å²) in [5, 5.41) is 9.07. The first kappa shape index (κ1) is 13.2. The lowest BCUT2D eigenvalue weighted by atomic mass is 9.99. The molecule has 0 bridgehead atoms. The van der Waals surface area contributed by atoms with E-state index in [0.717, 1.165) is 43.9 Å². The van der Waals surface area contributed by atoms with Gasteiger partial charge in [0, 0.05) is 37.4 Å². The number of anilines is 1. The number of aliphatic carboxylic acids is 1. The largest absolute Gasteiger partial charge is 0.479 e. The van der Waals surface area contributed by atoms with Crippen molar-refractivity contribution in [3.8, 4) is 5.75 Å². The Labute approximate surface area is 118 Å². The van der Waals surface area contributed by atoms with Gasteiger partial charge in [0.25, 0.3) is 0 Å². The highest BCUT2D eigenvalue weighted by atomic mass is 16.5. The number of fused-ring (bicyclic) bond motifs is 1. The summed E-state index contributed by atoms with van der Waals surface area (Å²) >= 11 is 0. The van der Waals surface area contributed by atoms with E-state index in [9.17, 15) is 4.79 Å². The summed E-state index contributed by atoms with van der Waals surface area (Å²) in [5.74, 6) is -0.138. The maximum Gasteiger partial charge on any atom is 0.344 e. The number of carbonyl (C=O) groups is 1. The average Bonchev–Trinajstić information content (AvgIpc) is 2.47. The predicted octanol–water partition coefficient (Wildman–Crippen LogP) is 1.22. The quantitative estimate of drug-likeness (QED) is 0.880. The Hall–Kier alpha value is -1.75. The van der Waals surface area contributed by atoms with Crippen molar-refractivity contribution < 1.29 is 14.6 Å². The fourth-order valence-corrected chi connectivity index (χ4v) is 2.92. The Morgan fingerprint density at radius 2 is 2.05 bits per heavy atom. The van der Waals surface area contributed by atoms with Crippen LogP contribution in [-0.2, 0) is 11.2 Å². The molecule has 1 aromatic carbocycles. The van der Waals surface area contributed by atoms with Crippen LogP contribution >= 0.6 is 0 Å². The number of hydrogen-bond donors (Lipinski definition) is 1. The first-order valence-electron chi connectivity index (χ1n) is 7.10. The van der Waals surface area contributed by atoms with E-state index in [-0.39, 0.29) is 0 Å². The van der Waals surface area contributed by atoms with Crippen LogP contribution in [0.15, 0.2) is 18.2 Å². The van der Waals surface area contributed by atoms with Gasteiger partial charge in [0.05, 0.1) is 0 Å². The molecule has 1 aromatic rings. The van der Waals surface area contributed by atoms with E-state index in [0.29, 0.717) is 6.42 Å². The molecule has 1 N–H and O–H groups in total. The minimum Gasteiger partial charge on any atom is -0.479 e. The molecule has 1 atom stereocenters. The second-order valence-electron chi connectivity index (χ2n) is 5.53. The Balaban J connectivity index is 1.84. The number of benzene rings is 1. The maximum absolute atomic E-state index is 11.0. The molecule has 2 aliphatic heterocycles. The molecule has 2 heterocycles. The number of carboxylic acids is 1. The highest BCUT2D eigenvalue weighted by Crippen LogP contribution is 2.35. The van der Waals surface area contributed by atoms with E-state index in [1.165, 1.54) is 5.69 Å². The highest BCUT2D eigenvalue weighted by molar-refractivity contribution is 5.74. The van der Waals surface area contributed by atoms with Crippen molar-refractivity contribution in [1.29, 1.82) is 0 Å². The molecule has 0 aromatic heterocycles. The molecular weight excluding hydrogens is 256 g/mol. The van der Waals surface area contributed by atoms with Crippen LogP contribution in [0.3, 0.4) is 0 Å². The zero-order chi connectivity index (χ0) is 14.1. The van der Waals surface area contributed by atoms with Gasteiger partial charge in [0.15, 0.2) is 6.10 Å². The number of likely N-dealkylation sites (N-methyl/N-ethyl adjacent to an activating group) is 1. The lowest BCUT2D eigenvalue weighted by Crippen LogP contribution is -2.45. The fourth-order valence-electron chi connectivity index (χ4n) is 2.92. The van der Waals surface area contributed by atoms with Gasteiger partial charge in [0.1, 0.15) is 5.75 Å². The van der Waals surface area contributed by atoms with Gasteiger partial charge < -0.3 is 19.6 Å². The number of nitrogens with zero attached hydrogens (tertiary/aromatic N) is 2. The SMILES string of the molecule is CN1CCN(c2cccc3c2CCC(C(=O)O)O3)CC1. The van der Waals surface area contributed by atoms with Crippen LogP contribution in [0.2, 0.25) is 0 Å². The monoisotopic (exact) mass is 276 g/mol. The zero-order valence-electron chi connectivity index (χ0n) is 11.7. The second kappa shape index (κ2) is 5.32. The number of carboxylic acid groups (broad SMARTS) is 1. The van der Waals surface area contributed by atoms with Crippen LogP contribution in [0.1, 0.15) is 12.0 Å². The zero-order valence-corrected chi connectivity index (χ0v) is 11.7. The van der Waals surface area contributed by atoms with E-state index < -0.39 is 12.1 Å². The summed E-state index contributed by atoms with van der Waals surface area (Å²) in [5.41, 5.74) is 2.37. The summed E-state index contributed by atoms with van der Waals surface area (Å²) in [6.45, 7) is 4.13. The first-order chi connectivity index (χ1) is 9.65. The topological polar surface area (TPSA) is 53.0 Å². The van der Waals surface area contributed by atoms with Crippen LogP contribution in [0, 0.1) is 0 Å². The van der Waals surface area contributed by atoms with Gasteiger partial charge in [-0.1, -0.05) is 6.07 Å². The molecule has 0 radical (unpaired) electrons. The van der Waals surface area contributed by atoms with Crippen LogP contribution in [-0.4, -0.2) is 55.3 Å². The molecule has 108 valence electrons. The van der Waals surface area contributed by atoms with E-state index in [1.807, 2.05) is 12.1 Å². The summed E-state index contributed by atoms with van der Waals surface area (Å²) in [7, 11) is 2.14. The standard InChI is InChI=1S/C15H20N2O3/c1-16-7-9-17(10-8-16)12-3-2-4-13-11(12)5-6-14(20-13)15(18)19/h2-4,14H,5-10H2,1H3,(H,18,19). The lowest BCUT2D eigenvalue weighted by Gasteiger charge is -2.36. The smallest absolute Gasteiger partial charge is 0.344 e. The minimum absolute atomic E-state index is 0.549. The Morgan fingerprint density at radius 3 is 2.75 bits per heavy atom. The van der Waals surface area contributed by atoms with Crippen molar-refractivity contribution in [3.05, 3.63) is 23.8 Å². The molecule has 2 aliphatic rings. The van der Waals surface area contributed by atoms with E-state index in [1.54, 1.807) is 0 Å². The van der Waals surface area contributed by atoms with Crippen molar-refractivity contribution in [2.75, 3.05) is 38.1 Å². The molecule has 1 saturated heterocycles. The normalized spacial score (nSPS) is 23.1. The maximum atomic E-state index is 11.0. The molecule has 0 saturated carbocycles. The molecular formula is C15H20N2O3. The van der Waals surface area contributed by atoms with Gasteiger partial charge in [-0.15, -0.1) is 0 Å². The summed E-state index contributed by atoms with van der Waals surface area (Å²) in [4.78, 5) is 15.7. The summed E-state index contributed by atoms with van der Waals surface area (Å²) in [6.07, 6.45) is 0.618. The lowest BCUT2D eigenvalue weighted by molar-refractivity contribution is -0.145. The molecule has 5 heteroatoms. The Bertz CT molecular complexity index is 510. The third kappa shape index (κ3) is 2.45. The number of hydrogen-bond acceptors (Lipinski definition) is 4. The van der Waals surface area contributed by atoms with Crippen LogP contribution < -0.4 is 9.64 Å². The molecule has 1 fully saturated rings. The molecule has 20 heavy (non-hydrogen) atoms. The van der Waals surface area contributed by atoms with Crippen molar-refractivity contribution in [3.63, 3.8) is 0 Å². The minimum atomic E-state index is -0.874. The van der Waals surface area contributed by atoms with Crippen LogP contribution in [0.4, 0.5) is 5.69 Å². The molecule has 0 amide bonds. The van der Waals surface area contributed by atoms with E-state index >= 15 is 0 Å². The van der Waals surface area contributed by atoms with Crippen molar-refractivity contribution in [2.45, 2.75) is 18.9 Å². The molecule has 0 aliphatic carbocycles. The summed E-state index contributed by atoms with van der Waals surface area (Å²) < 4.78 is 5.61. The third-order valence-electron chi connectivity index (χ3n) is 4.15. The van der Waals surface area contributed by atoms with Crippen LogP contribution in [0.25, 0.3) is 0 Å². The second-order valence-corrected chi connectivity index (χ2v) is 5.53. The fraction of sp³-hybridized carbons (Fsp3) is 0.533. The Morgan fingerprint density at radius 1 is 1.30 bits per heavy atom. The molecule has 1 unspecified atom stereocenters. The van der Waals surface area contributed by atoms with Crippen molar-refractivity contribution >= 4 is 11.7 Å². The summed E-state index contributed by atoms with van der Waals surface area (Å²) in [6, 6.07) is 5.95.